The van der Waals surface area contributed by atoms with Crippen molar-refractivity contribution in [1.82, 2.24) is 4.72 Å². The summed E-state index contributed by atoms with van der Waals surface area (Å²) in [5, 5.41) is 2.87. The molecule has 1 atom stereocenters. The smallest absolute Gasteiger partial charge is 0.245 e. The number of benzene rings is 2. The summed E-state index contributed by atoms with van der Waals surface area (Å²) in [7, 11) is -1.13. The first-order chi connectivity index (χ1) is 12.3. The van der Waals surface area contributed by atoms with Crippen molar-refractivity contribution in [2.75, 3.05) is 19.5 Å². The number of halogens is 1. The Morgan fingerprint density at radius 2 is 1.73 bits per heavy atom. The standard InChI is InChI=1S/C17H19ClN2O5S/c1-11(17(21)19-13-5-7-14(24-2)8-6-13)20-26(22,23)16-10-12(18)4-9-15(16)25-3/h4-11,20H,1-3H3,(H,19,21)/t11-/m1/s1. The molecule has 9 heteroatoms. The van der Waals surface area contributed by atoms with E-state index >= 15 is 0 Å². The van der Waals surface area contributed by atoms with Crippen molar-refractivity contribution >= 4 is 33.2 Å². The van der Waals surface area contributed by atoms with Gasteiger partial charge < -0.3 is 14.8 Å². The summed E-state index contributed by atoms with van der Waals surface area (Å²) in [4.78, 5) is 12.1. The van der Waals surface area contributed by atoms with Gasteiger partial charge in [-0.1, -0.05) is 11.6 Å². The lowest BCUT2D eigenvalue weighted by Crippen LogP contribution is -2.41. The van der Waals surface area contributed by atoms with Gasteiger partial charge >= 0.3 is 0 Å². The molecule has 0 heterocycles. The molecular formula is C17H19ClN2O5S. The monoisotopic (exact) mass is 398 g/mol. The molecule has 0 aliphatic rings. The van der Waals surface area contributed by atoms with Crippen LogP contribution in [0.15, 0.2) is 47.4 Å². The van der Waals surface area contributed by atoms with E-state index < -0.39 is 22.0 Å². The Morgan fingerprint density at radius 3 is 2.31 bits per heavy atom. The molecule has 2 rings (SSSR count). The lowest BCUT2D eigenvalue weighted by Gasteiger charge is -2.16. The third-order valence-electron chi connectivity index (χ3n) is 3.50. The van der Waals surface area contributed by atoms with Crippen LogP contribution in [0.5, 0.6) is 11.5 Å². The van der Waals surface area contributed by atoms with Gasteiger partial charge in [0.15, 0.2) is 0 Å². The maximum absolute atomic E-state index is 12.6. The zero-order valence-electron chi connectivity index (χ0n) is 14.4. The third kappa shape index (κ3) is 4.87. The minimum atomic E-state index is -4.01. The zero-order valence-corrected chi connectivity index (χ0v) is 16.0. The Hall–Kier alpha value is -2.29. The molecule has 0 aromatic heterocycles. The van der Waals surface area contributed by atoms with Crippen LogP contribution in [0.2, 0.25) is 5.02 Å². The summed E-state index contributed by atoms with van der Waals surface area (Å²) in [5.41, 5.74) is 0.516. The van der Waals surface area contributed by atoms with Crippen molar-refractivity contribution in [2.45, 2.75) is 17.9 Å². The van der Waals surface area contributed by atoms with Crippen molar-refractivity contribution in [3.05, 3.63) is 47.5 Å². The molecule has 0 spiro atoms. The lowest BCUT2D eigenvalue weighted by atomic mass is 10.2. The molecular weight excluding hydrogens is 380 g/mol. The predicted molar refractivity (Wildman–Crippen MR) is 99.4 cm³/mol. The van der Waals surface area contributed by atoms with Gasteiger partial charge in [0.25, 0.3) is 0 Å². The van der Waals surface area contributed by atoms with E-state index in [1.165, 1.54) is 39.3 Å². The van der Waals surface area contributed by atoms with E-state index in [2.05, 4.69) is 10.0 Å². The molecule has 0 fully saturated rings. The second-order valence-corrected chi connectivity index (χ2v) is 7.47. The largest absolute Gasteiger partial charge is 0.497 e. The summed E-state index contributed by atoms with van der Waals surface area (Å²) in [5.74, 6) is 0.259. The molecule has 26 heavy (non-hydrogen) atoms. The molecule has 140 valence electrons. The fourth-order valence-corrected chi connectivity index (χ4v) is 3.77. The fraction of sp³-hybridized carbons (Fsp3) is 0.235. The summed E-state index contributed by atoms with van der Waals surface area (Å²) in [6.07, 6.45) is 0. The summed E-state index contributed by atoms with van der Waals surface area (Å²) >= 11 is 5.87. The van der Waals surface area contributed by atoms with Gasteiger partial charge in [-0.15, -0.1) is 0 Å². The Kier molecular flexibility index (Phi) is 6.47. The van der Waals surface area contributed by atoms with E-state index in [-0.39, 0.29) is 15.7 Å². The molecule has 0 unspecified atom stereocenters. The second kappa shape index (κ2) is 8.39. The number of hydrogen-bond acceptors (Lipinski definition) is 5. The number of hydrogen-bond donors (Lipinski definition) is 2. The summed E-state index contributed by atoms with van der Waals surface area (Å²) in [6.45, 7) is 1.44. The molecule has 0 saturated heterocycles. The highest BCUT2D eigenvalue weighted by Gasteiger charge is 2.25. The van der Waals surface area contributed by atoms with Crippen LogP contribution in [0.3, 0.4) is 0 Å². The van der Waals surface area contributed by atoms with Crippen LogP contribution in [-0.2, 0) is 14.8 Å². The lowest BCUT2D eigenvalue weighted by molar-refractivity contribution is -0.117. The fourth-order valence-electron chi connectivity index (χ4n) is 2.14. The topological polar surface area (TPSA) is 93.7 Å². The van der Waals surface area contributed by atoms with E-state index in [0.29, 0.717) is 11.4 Å². The first-order valence-electron chi connectivity index (χ1n) is 7.57. The van der Waals surface area contributed by atoms with Crippen LogP contribution in [0, 0.1) is 0 Å². The van der Waals surface area contributed by atoms with E-state index in [1.807, 2.05) is 0 Å². The van der Waals surface area contributed by atoms with Crippen molar-refractivity contribution in [3.63, 3.8) is 0 Å². The van der Waals surface area contributed by atoms with Crippen LogP contribution in [-0.4, -0.2) is 34.6 Å². The van der Waals surface area contributed by atoms with E-state index in [9.17, 15) is 13.2 Å². The van der Waals surface area contributed by atoms with Gasteiger partial charge in [0.2, 0.25) is 15.9 Å². The average molecular weight is 399 g/mol. The highest BCUT2D eigenvalue weighted by molar-refractivity contribution is 7.89. The quantitative estimate of drug-likeness (QED) is 0.747. The molecule has 1 amide bonds. The van der Waals surface area contributed by atoms with Gasteiger partial charge in [-0.25, -0.2) is 8.42 Å². The number of methoxy groups -OCH3 is 2. The molecule has 0 aliphatic carbocycles. The number of ether oxygens (including phenoxy) is 2. The Morgan fingerprint density at radius 1 is 1.08 bits per heavy atom. The highest BCUT2D eigenvalue weighted by Crippen LogP contribution is 2.27. The molecule has 0 radical (unpaired) electrons. The first-order valence-corrected chi connectivity index (χ1v) is 9.43. The second-order valence-electron chi connectivity index (χ2n) is 5.36. The number of carbonyl (C=O) groups is 1. The summed E-state index contributed by atoms with van der Waals surface area (Å²) in [6, 6.07) is 9.86. The van der Waals surface area contributed by atoms with E-state index in [0.717, 1.165) is 0 Å². The number of nitrogens with one attached hydrogen (secondary N) is 2. The first kappa shape index (κ1) is 20.0. The molecule has 2 N–H and O–H groups in total. The predicted octanol–water partition coefficient (Wildman–Crippen LogP) is 2.66. The van der Waals surface area contributed by atoms with Gasteiger partial charge in [0.05, 0.1) is 20.3 Å². The van der Waals surface area contributed by atoms with Gasteiger partial charge in [0.1, 0.15) is 16.4 Å². The maximum atomic E-state index is 12.6. The van der Waals surface area contributed by atoms with Crippen molar-refractivity contribution in [3.8, 4) is 11.5 Å². The van der Waals surface area contributed by atoms with E-state index in [4.69, 9.17) is 21.1 Å². The van der Waals surface area contributed by atoms with Crippen LogP contribution >= 0.6 is 11.6 Å². The SMILES string of the molecule is COc1ccc(NC(=O)[C@@H](C)NS(=O)(=O)c2cc(Cl)ccc2OC)cc1. The minimum absolute atomic E-state index is 0.129. The molecule has 0 aliphatic heterocycles. The van der Waals surface area contributed by atoms with Crippen molar-refractivity contribution in [1.29, 1.82) is 0 Å². The Bertz CT molecular complexity index is 885. The van der Waals surface area contributed by atoms with Crippen molar-refractivity contribution < 1.29 is 22.7 Å². The molecule has 7 nitrogen and oxygen atoms in total. The molecule has 0 saturated carbocycles. The molecule has 2 aromatic rings. The van der Waals surface area contributed by atoms with Crippen molar-refractivity contribution in [2.24, 2.45) is 0 Å². The normalized spacial score (nSPS) is 12.3. The molecule has 2 aromatic carbocycles. The van der Waals surface area contributed by atoms with Crippen LogP contribution < -0.4 is 19.5 Å². The zero-order chi connectivity index (χ0) is 19.3. The highest BCUT2D eigenvalue weighted by atomic mass is 35.5. The number of anilines is 1. The van der Waals surface area contributed by atoms with Gasteiger partial charge in [-0.05, 0) is 49.4 Å². The summed E-state index contributed by atoms with van der Waals surface area (Å²) < 4.78 is 37.5. The Labute approximate surface area is 157 Å². The average Bonchev–Trinajstić information content (AvgIpc) is 2.62. The Balaban J connectivity index is 2.13. The maximum Gasteiger partial charge on any atom is 0.245 e. The number of sulfonamides is 1. The van der Waals surface area contributed by atoms with Gasteiger partial charge in [0, 0.05) is 10.7 Å². The van der Waals surface area contributed by atoms with Crippen LogP contribution in [0.4, 0.5) is 5.69 Å². The number of rotatable bonds is 7. The molecule has 0 bridgehead atoms. The van der Waals surface area contributed by atoms with Crippen LogP contribution in [0.25, 0.3) is 0 Å². The van der Waals surface area contributed by atoms with Crippen LogP contribution in [0.1, 0.15) is 6.92 Å². The number of carbonyl (C=O) groups excluding carboxylic acids is 1. The van der Waals surface area contributed by atoms with Gasteiger partial charge in [-0.2, -0.15) is 4.72 Å². The van der Waals surface area contributed by atoms with Gasteiger partial charge in [-0.3, -0.25) is 4.79 Å². The minimum Gasteiger partial charge on any atom is -0.497 e. The number of amides is 1. The third-order valence-corrected chi connectivity index (χ3v) is 5.29. The van der Waals surface area contributed by atoms with E-state index in [1.54, 1.807) is 24.3 Å².